The molecule has 102 valence electrons. The first kappa shape index (κ1) is 14.0. The molecule has 20 heavy (non-hydrogen) atoms. The molecular weight excluding hydrogens is 289 g/mol. The van der Waals surface area contributed by atoms with Gasteiger partial charge in [-0.05, 0) is 24.3 Å². The minimum Gasteiger partial charge on any atom is -0.449 e. The molecule has 0 atom stereocenters. The molecule has 0 aliphatic rings. The van der Waals surface area contributed by atoms with Crippen LogP contribution in [0.2, 0.25) is 5.02 Å². The Kier molecular flexibility index (Phi) is 3.95. The van der Waals surface area contributed by atoms with Crippen molar-refractivity contribution in [1.29, 1.82) is 0 Å². The lowest BCUT2D eigenvalue weighted by Gasteiger charge is -2.08. The number of hydrogen-bond acceptors (Lipinski definition) is 4. The van der Waals surface area contributed by atoms with E-state index in [-0.39, 0.29) is 17.1 Å². The first-order valence-corrected chi connectivity index (χ1v) is 5.75. The number of benzene rings is 2. The average molecular weight is 296 g/mol. The Morgan fingerprint density at radius 3 is 2.60 bits per heavy atom. The fourth-order valence-electron chi connectivity index (χ4n) is 1.53. The molecule has 7 heteroatoms. The highest BCUT2D eigenvalue weighted by atomic mass is 35.5. The first-order valence-electron chi connectivity index (χ1n) is 5.38. The Morgan fingerprint density at radius 2 is 1.95 bits per heavy atom. The van der Waals surface area contributed by atoms with Gasteiger partial charge in [0.05, 0.1) is 16.6 Å². The molecule has 0 saturated heterocycles. The Morgan fingerprint density at radius 1 is 1.20 bits per heavy atom. The maximum Gasteiger partial charge on any atom is 0.314 e. The summed E-state index contributed by atoms with van der Waals surface area (Å²) in [5, 5.41) is 11.2. The predicted molar refractivity (Wildman–Crippen MR) is 70.0 cm³/mol. The Hall–Kier alpha value is -2.47. The molecule has 0 saturated carbocycles. The van der Waals surface area contributed by atoms with Crippen molar-refractivity contribution in [2.45, 2.75) is 0 Å². The molecule has 0 radical (unpaired) electrons. The van der Waals surface area contributed by atoms with E-state index in [1.165, 1.54) is 18.2 Å². The molecule has 0 unspecified atom stereocenters. The summed E-state index contributed by atoms with van der Waals surface area (Å²) in [6, 6.07) is 7.12. The van der Waals surface area contributed by atoms with Crippen molar-refractivity contribution in [3.63, 3.8) is 0 Å². The number of nitro benzene ring substituents is 1. The number of nitro groups is 1. The molecular formula is C13H7ClFNO4. The molecule has 0 aromatic heterocycles. The SMILES string of the molecule is O=Cc1ccc(Cl)cc1Oc1ccc(F)cc1[N+](=O)[O-]. The van der Waals surface area contributed by atoms with Crippen molar-refractivity contribution in [2.24, 2.45) is 0 Å². The quantitative estimate of drug-likeness (QED) is 0.486. The van der Waals surface area contributed by atoms with Crippen LogP contribution in [0.1, 0.15) is 10.4 Å². The van der Waals surface area contributed by atoms with Crippen molar-refractivity contribution >= 4 is 23.6 Å². The second-order valence-electron chi connectivity index (χ2n) is 3.77. The van der Waals surface area contributed by atoms with Crippen LogP contribution in [0.25, 0.3) is 0 Å². The van der Waals surface area contributed by atoms with E-state index in [9.17, 15) is 19.3 Å². The molecule has 0 spiro atoms. The minimum atomic E-state index is -0.774. The van der Waals surface area contributed by atoms with Gasteiger partial charge in [0, 0.05) is 11.1 Å². The summed E-state index contributed by atoms with van der Waals surface area (Å²) in [7, 11) is 0. The summed E-state index contributed by atoms with van der Waals surface area (Å²) in [6.45, 7) is 0. The van der Waals surface area contributed by atoms with E-state index < -0.39 is 16.4 Å². The lowest BCUT2D eigenvalue weighted by atomic mass is 10.2. The molecule has 0 N–H and O–H groups in total. The second-order valence-corrected chi connectivity index (χ2v) is 4.21. The van der Waals surface area contributed by atoms with Gasteiger partial charge in [-0.2, -0.15) is 0 Å². The van der Waals surface area contributed by atoms with Crippen molar-refractivity contribution < 1.29 is 18.8 Å². The van der Waals surface area contributed by atoms with Crippen LogP contribution in [0, 0.1) is 15.9 Å². The van der Waals surface area contributed by atoms with Crippen LogP contribution in [0.4, 0.5) is 10.1 Å². The van der Waals surface area contributed by atoms with Crippen LogP contribution in [-0.2, 0) is 0 Å². The summed E-state index contributed by atoms with van der Waals surface area (Å²) < 4.78 is 18.3. The van der Waals surface area contributed by atoms with Gasteiger partial charge in [-0.25, -0.2) is 4.39 Å². The number of halogens is 2. The first-order chi connectivity index (χ1) is 9.51. The molecule has 0 aliphatic carbocycles. The van der Waals surface area contributed by atoms with Crippen molar-refractivity contribution in [1.82, 2.24) is 0 Å². The summed E-state index contributed by atoms with van der Waals surface area (Å²) in [6.07, 6.45) is 0.529. The van der Waals surface area contributed by atoms with Gasteiger partial charge < -0.3 is 4.74 Å². The number of hydrogen-bond donors (Lipinski definition) is 0. The van der Waals surface area contributed by atoms with E-state index >= 15 is 0 Å². The molecule has 0 bridgehead atoms. The van der Waals surface area contributed by atoms with E-state index in [2.05, 4.69) is 0 Å². The van der Waals surface area contributed by atoms with Gasteiger partial charge >= 0.3 is 5.69 Å². The van der Waals surface area contributed by atoms with Crippen LogP contribution >= 0.6 is 11.6 Å². The molecule has 0 amide bonds. The summed E-state index contributed by atoms with van der Waals surface area (Å²) in [5.74, 6) is -0.880. The average Bonchev–Trinajstić information content (AvgIpc) is 2.41. The van der Waals surface area contributed by atoms with Gasteiger partial charge in [0.1, 0.15) is 11.6 Å². The highest BCUT2D eigenvalue weighted by Gasteiger charge is 2.18. The largest absolute Gasteiger partial charge is 0.449 e. The maximum absolute atomic E-state index is 13.0. The molecule has 2 rings (SSSR count). The fraction of sp³-hybridized carbons (Fsp3) is 0. The number of carbonyl (C=O) groups excluding carboxylic acids is 1. The molecule has 2 aromatic rings. The number of nitrogens with zero attached hydrogens (tertiary/aromatic N) is 1. The molecule has 0 heterocycles. The topological polar surface area (TPSA) is 69.4 Å². The van der Waals surface area contributed by atoms with E-state index in [1.54, 1.807) is 0 Å². The van der Waals surface area contributed by atoms with Crippen LogP contribution in [0.5, 0.6) is 11.5 Å². The molecule has 0 aliphatic heterocycles. The van der Waals surface area contributed by atoms with Gasteiger partial charge in [-0.1, -0.05) is 11.6 Å². The lowest BCUT2D eigenvalue weighted by molar-refractivity contribution is -0.385. The van der Waals surface area contributed by atoms with Crippen LogP contribution in [-0.4, -0.2) is 11.2 Å². The highest BCUT2D eigenvalue weighted by molar-refractivity contribution is 6.30. The standard InChI is InChI=1S/C13H7ClFNO4/c14-9-2-1-8(7-17)13(5-9)20-12-4-3-10(15)6-11(12)16(18)19/h1-7H. The van der Waals surface area contributed by atoms with Gasteiger partial charge in [0.2, 0.25) is 5.75 Å². The van der Waals surface area contributed by atoms with E-state index in [1.807, 2.05) is 0 Å². The highest BCUT2D eigenvalue weighted by Crippen LogP contribution is 2.34. The lowest BCUT2D eigenvalue weighted by Crippen LogP contribution is -1.96. The van der Waals surface area contributed by atoms with Gasteiger partial charge in [-0.3, -0.25) is 14.9 Å². The third kappa shape index (κ3) is 2.92. The monoisotopic (exact) mass is 295 g/mol. The van der Waals surface area contributed by atoms with Crippen LogP contribution in [0.15, 0.2) is 36.4 Å². The second kappa shape index (κ2) is 5.66. The molecule has 0 fully saturated rings. The zero-order valence-corrected chi connectivity index (χ0v) is 10.6. The smallest absolute Gasteiger partial charge is 0.314 e. The summed E-state index contributed by atoms with van der Waals surface area (Å²) in [5.41, 5.74) is -0.366. The third-order valence-corrected chi connectivity index (χ3v) is 2.68. The van der Waals surface area contributed by atoms with Crippen molar-refractivity contribution in [3.8, 4) is 11.5 Å². The normalized spacial score (nSPS) is 10.1. The number of aldehydes is 1. The van der Waals surface area contributed by atoms with Crippen LogP contribution < -0.4 is 4.74 Å². The zero-order valence-electron chi connectivity index (χ0n) is 9.88. The molecule has 2 aromatic carbocycles. The predicted octanol–water partition coefficient (Wildman–Crippen LogP) is 3.99. The fourth-order valence-corrected chi connectivity index (χ4v) is 1.69. The molecule has 5 nitrogen and oxygen atoms in total. The van der Waals surface area contributed by atoms with E-state index in [0.717, 1.165) is 18.2 Å². The van der Waals surface area contributed by atoms with Gasteiger partial charge in [0.25, 0.3) is 0 Å². The van der Waals surface area contributed by atoms with Gasteiger partial charge in [0.15, 0.2) is 6.29 Å². The van der Waals surface area contributed by atoms with Crippen LogP contribution in [0.3, 0.4) is 0 Å². The number of carbonyl (C=O) groups is 1. The van der Waals surface area contributed by atoms with E-state index in [4.69, 9.17) is 16.3 Å². The Balaban J connectivity index is 2.47. The Bertz CT molecular complexity index is 690. The van der Waals surface area contributed by atoms with Crippen molar-refractivity contribution in [3.05, 3.63) is 62.9 Å². The van der Waals surface area contributed by atoms with E-state index in [0.29, 0.717) is 11.3 Å². The zero-order chi connectivity index (χ0) is 14.7. The number of ether oxygens (including phenoxy) is 1. The number of rotatable bonds is 4. The van der Waals surface area contributed by atoms with Crippen molar-refractivity contribution in [2.75, 3.05) is 0 Å². The third-order valence-electron chi connectivity index (χ3n) is 2.44. The summed E-state index contributed by atoms with van der Waals surface area (Å²) in [4.78, 5) is 21.0. The maximum atomic E-state index is 13.0. The summed E-state index contributed by atoms with van der Waals surface area (Å²) >= 11 is 5.78. The minimum absolute atomic E-state index is 0.0576. The van der Waals surface area contributed by atoms with Gasteiger partial charge in [-0.15, -0.1) is 0 Å². The Labute approximate surface area is 117 Å².